The number of fused-ring (bicyclic) bond motifs is 26. The lowest BCUT2D eigenvalue weighted by Gasteiger charge is -2.29. The summed E-state index contributed by atoms with van der Waals surface area (Å²) in [5.74, 6) is -0.530. The van der Waals surface area contributed by atoms with E-state index in [1.54, 1.807) is 76.3 Å². The number of nitrogens with zero attached hydrogens (tertiary/aromatic N) is 9. The molecule has 2 fully saturated rings. The Hall–Kier alpha value is -8.09. The molecular formula is C67H90N14O16S2. The molecule has 536 valence electrons. The third-order valence-electron chi connectivity index (χ3n) is 16.0. The Morgan fingerprint density at radius 1 is 0.545 bits per heavy atom. The molecule has 0 unspecified atom stereocenters. The molecule has 12 rings (SSSR count). The zero-order chi connectivity index (χ0) is 70.4. The van der Waals surface area contributed by atoms with Gasteiger partial charge in [-0.2, -0.15) is 8.61 Å². The number of aromatic nitrogens is 4. The van der Waals surface area contributed by atoms with Crippen LogP contribution in [0.4, 0.5) is 27.8 Å². The molecule has 2 saturated heterocycles. The van der Waals surface area contributed by atoms with Gasteiger partial charge >= 0.3 is 6.09 Å². The monoisotopic (exact) mass is 1410 g/mol. The van der Waals surface area contributed by atoms with E-state index in [4.69, 9.17) is 54.1 Å². The number of nitrogens with one attached hydrogen (secondary N) is 3. The molecule has 6 aliphatic rings. The Morgan fingerprint density at radius 2 is 0.929 bits per heavy atom. The summed E-state index contributed by atoms with van der Waals surface area (Å²) in [7, 11) is -4.29. The quantitative estimate of drug-likeness (QED) is 0.118. The van der Waals surface area contributed by atoms with E-state index in [1.165, 1.54) is 50.2 Å². The molecule has 30 nitrogen and oxygen atoms in total. The summed E-state index contributed by atoms with van der Waals surface area (Å²) in [5, 5.41) is 8.81. The number of morpholine rings is 2. The highest BCUT2D eigenvalue weighted by Gasteiger charge is 2.30. The maximum absolute atomic E-state index is 13.9. The van der Waals surface area contributed by atoms with Crippen LogP contribution >= 0.6 is 0 Å². The van der Waals surface area contributed by atoms with Gasteiger partial charge in [0.15, 0.2) is 23.0 Å². The Morgan fingerprint density at radius 3 is 1.35 bits per heavy atom. The lowest BCUT2D eigenvalue weighted by atomic mass is 10.1. The lowest BCUT2D eigenvalue weighted by molar-refractivity contribution is 0.0270. The summed E-state index contributed by atoms with van der Waals surface area (Å²) >= 11 is 0. The molecule has 99 heavy (non-hydrogen) atoms. The van der Waals surface area contributed by atoms with Crippen molar-refractivity contribution in [3.8, 4) is 34.0 Å². The number of benzene rings is 4. The normalized spacial score (nSPS) is 18.4. The van der Waals surface area contributed by atoms with Crippen LogP contribution in [0.25, 0.3) is 22.5 Å². The Bertz CT molecular complexity index is 3880. The fourth-order valence-corrected chi connectivity index (χ4v) is 13.6. The number of hydrogen-bond acceptors (Lipinski definition) is 25. The first-order valence-electron chi connectivity index (χ1n) is 32.8. The fraction of sp³-hybridized carbons (Fsp3) is 0.478. The van der Waals surface area contributed by atoms with Crippen LogP contribution in [0.1, 0.15) is 52.9 Å². The Kier molecular flexibility index (Phi) is 27.6. The maximum atomic E-state index is 13.9. The van der Waals surface area contributed by atoms with E-state index >= 15 is 0 Å². The molecule has 8 heterocycles. The van der Waals surface area contributed by atoms with Gasteiger partial charge in [-0.1, -0.05) is 48.5 Å². The summed E-state index contributed by atoms with van der Waals surface area (Å²) < 4.78 is 110. The highest BCUT2D eigenvalue weighted by Crippen LogP contribution is 2.34. The minimum atomic E-state index is -3.88. The molecule has 0 spiro atoms. The predicted octanol–water partition coefficient (Wildman–Crippen LogP) is 4.54. The summed E-state index contributed by atoms with van der Waals surface area (Å²) in [5.41, 5.74) is 15.3. The van der Waals surface area contributed by atoms with Gasteiger partial charge in [0.05, 0.1) is 131 Å². The summed E-state index contributed by atoms with van der Waals surface area (Å²) in [4.78, 5) is 63.3. The number of amides is 3. The van der Waals surface area contributed by atoms with Gasteiger partial charge in [0.1, 0.15) is 30.3 Å². The first-order chi connectivity index (χ1) is 47.7. The van der Waals surface area contributed by atoms with Gasteiger partial charge in [0.25, 0.3) is 11.8 Å². The van der Waals surface area contributed by atoms with Crippen molar-refractivity contribution in [2.45, 2.75) is 49.3 Å². The van der Waals surface area contributed by atoms with Crippen LogP contribution in [0.15, 0.2) is 107 Å². The van der Waals surface area contributed by atoms with E-state index in [0.717, 1.165) is 31.7 Å². The largest absolute Gasteiger partial charge is 0.489 e. The molecular weight excluding hydrogens is 1320 g/mol. The van der Waals surface area contributed by atoms with Gasteiger partial charge in [-0.15, -0.1) is 0 Å². The van der Waals surface area contributed by atoms with Crippen LogP contribution in [0.2, 0.25) is 0 Å². The van der Waals surface area contributed by atoms with E-state index in [1.807, 2.05) is 19.2 Å². The van der Waals surface area contributed by atoms with E-state index in [-0.39, 0.29) is 112 Å². The van der Waals surface area contributed by atoms with Crippen molar-refractivity contribution >= 4 is 61.0 Å². The van der Waals surface area contributed by atoms with Crippen molar-refractivity contribution in [1.82, 2.24) is 48.6 Å². The Balaban J connectivity index is 0.000000234. The zero-order valence-electron chi connectivity index (χ0n) is 56.7. The highest BCUT2D eigenvalue weighted by molar-refractivity contribution is 7.89. The van der Waals surface area contributed by atoms with Crippen LogP contribution in [-0.4, -0.2) is 256 Å². The van der Waals surface area contributed by atoms with Crippen molar-refractivity contribution in [3.05, 3.63) is 120 Å². The molecule has 0 aliphatic carbocycles. The first kappa shape index (κ1) is 75.1. The molecule has 0 saturated carbocycles. The number of carbonyl (C=O) groups is 3. The second-order valence-electron chi connectivity index (χ2n) is 24.3. The third kappa shape index (κ3) is 21.5. The van der Waals surface area contributed by atoms with E-state index in [9.17, 15) is 31.2 Å². The molecule has 7 N–H and O–H groups in total. The average molecular weight is 1410 g/mol. The van der Waals surface area contributed by atoms with Crippen LogP contribution < -0.4 is 36.9 Å². The van der Waals surface area contributed by atoms with E-state index in [0.29, 0.717) is 117 Å². The first-order valence-corrected chi connectivity index (χ1v) is 35.6. The van der Waals surface area contributed by atoms with Crippen molar-refractivity contribution < 1.29 is 73.9 Å². The maximum Gasteiger partial charge on any atom is 0.410 e. The van der Waals surface area contributed by atoms with Crippen molar-refractivity contribution in [2.24, 2.45) is 0 Å². The summed E-state index contributed by atoms with van der Waals surface area (Å²) in [6.07, 6.45) is 2.34. The number of nitrogen functional groups attached to an aromatic ring is 2. The van der Waals surface area contributed by atoms with Crippen LogP contribution in [-0.2, 0) is 66.3 Å². The molecule has 8 bridgehead atoms. The number of hydrogen-bond donors (Lipinski definition) is 5. The molecule has 32 heteroatoms. The van der Waals surface area contributed by atoms with Gasteiger partial charge < -0.3 is 74.9 Å². The second kappa shape index (κ2) is 36.3. The van der Waals surface area contributed by atoms with Crippen molar-refractivity contribution in [2.75, 3.05) is 194 Å². The highest BCUT2D eigenvalue weighted by atomic mass is 32.2. The van der Waals surface area contributed by atoms with Gasteiger partial charge in [0, 0.05) is 101 Å². The Labute approximate surface area is 578 Å². The van der Waals surface area contributed by atoms with Gasteiger partial charge in [0.2, 0.25) is 20.0 Å². The average Bonchev–Trinajstić information content (AvgIpc) is 0.859. The molecule has 2 aromatic heterocycles. The van der Waals surface area contributed by atoms with Crippen molar-refractivity contribution in [1.29, 1.82) is 0 Å². The number of nitrogens with two attached hydrogens (primary N) is 2. The van der Waals surface area contributed by atoms with E-state index < -0.39 is 43.6 Å². The minimum absolute atomic E-state index is 0.0460. The smallest absolute Gasteiger partial charge is 0.410 e. The number of anilines is 4. The SMILES string of the molecule is CN(Cc1cccc2c1OCCOCCOCCN(CCN1CCOCC1)S(=O)(=O)c1ccc(cc1)-c1cnc(N)c(n1)C(=O)N2)C(=O)OC(C)(C)C.CNCc1cccc2c1OCCOCCOCCN(CCN1CCOCC1)S(=O)(=O)c1ccc(cc1)-c1cnc(N)c(n1)C(=O)N2. The molecule has 3 amide bonds. The lowest BCUT2D eigenvalue weighted by Crippen LogP contribution is -2.44. The molecule has 6 aromatic rings. The van der Waals surface area contributed by atoms with Gasteiger partial charge in [-0.25, -0.2) is 41.6 Å². The topological polar surface area (TPSA) is 358 Å². The molecule has 0 radical (unpaired) electrons. The van der Waals surface area contributed by atoms with Crippen molar-refractivity contribution in [3.63, 3.8) is 0 Å². The molecule has 6 aliphatic heterocycles. The standard InChI is InChI=1S/C36H49N7O9S.C31H41N7O7S/c1-36(2,3)52-35(45)41(4)25-27-6-5-7-29-32(27)51-23-22-50-21-20-49-19-16-43(13-12-42-14-17-48-18-15-42)53(46,47)28-10-8-26(9-11-28)30-24-38-33(37)31(39-30)34(44)40-29;1-33-21-24-3-2-4-26-29(24)45-20-19-44-18-17-43-16-13-38(10-9-37-11-14-42-15-12-37)46(40,41)25-7-5-23(6-8-25)27-22-34-30(32)28(35-27)31(39)36-26/h5-11,24H,12-23,25H2,1-4H3,(H2,37,38)(H,40,44);2-8,22,33H,9-21H2,1H3,(H2,32,34)(H,36,39). The van der Waals surface area contributed by atoms with Crippen LogP contribution in [0.3, 0.4) is 0 Å². The molecule has 0 atom stereocenters. The number of rotatable bonds is 10. The van der Waals surface area contributed by atoms with Crippen LogP contribution in [0.5, 0.6) is 11.5 Å². The fourth-order valence-electron chi connectivity index (χ4n) is 10.7. The second-order valence-corrected chi connectivity index (χ2v) is 28.1. The van der Waals surface area contributed by atoms with Gasteiger partial charge in [-0.3, -0.25) is 19.4 Å². The van der Waals surface area contributed by atoms with Gasteiger partial charge in [-0.05, 0) is 64.2 Å². The third-order valence-corrected chi connectivity index (χ3v) is 19.8. The number of para-hydroxylation sites is 2. The predicted molar refractivity (Wildman–Crippen MR) is 369 cm³/mol. The number of carbonyl (C=O) groups excluding carboxylic acids is 3. The zero-order valence-corrected chi connectivity index (χ0v) is 58.3. The summed E-state index contributed by atoms with van der Waals surface area (Å²) in [6, 6.07) is 23.2. The van der Waals surface area contributed by atoms with E-state index in [2.05, 4.69) is 45.7 Å². The minimum Gasteiger partial charge on any atom is -0.489 e. The summed E-state index contributed by atoms with van der Waals surface area (Å²) in [6.45, 7) is 15.8. The number of sulfonamides is 2. The molecule has 4 aromatic carbocycles. The number of ether oxygens (including phenoxy) is 9. The van der Waals surface area contributed by atoms with Crippen LogP contribution in [0, 0.1) is 0 Å².